The van der Waals surface area contributed by atoms with E-state index in [4.69, 9.17) is 5.11 Å². The van der Waals surface area contributed by atoms with Gasteiger partial charge in [0.15, 0.2) is 0 Å². The van der Waals surface area contributed by atoms with Gasteiger partial charge in [0.05, 0.1) is 12.0 Å². The van der Waals surface area contributed by atoms with Crippen molar-refractivity contribution in [2.24, 2.45) is 0 Å². The van der Waals surface area contributed by atoms with Crippen LogP contribution in [0, 0.1) is 0 Å². The van der Waals surface area contributed by atoms with Gasteiger partial charge in [-0.1, -0.05) is 19.1 Å². The quantitative estimate of drug-likeness (QED) is 0.717. The maximum Gasteiger partial charge on any atom is 0.313 e. The van der Waals surface area contributed by atoms with Gasteiger partial charge >= 0.3 is 5.97 Å². The molecule has 120 valence electrons. The summed E-state index contributed by atoms with van der Waals surface area (Å²) < 4.78 is 0. The van der Waals surface area contributed by atoms with E-state index in [9.17, 15) is 14.4 Å². The summed E-state index contributed by atoms with van der Waals surface area (Å²) in [7, 11) is 0. The average molecular weight is 306 g/mol. The molecule has 22 heavy (non-hydrogen) atoms. The van der Waals surface area contributed by atoms with Gasteiger partial charge in [-0.2, -0.15) is 0 Å². The molecule has 0 saturated heterocycles. The molecule has 0 aromatic heterocycles. The maximum atomic E-state index is 11.7. The van der Waals surface area contributed by atoms with Crippen LogP contribution in [0.4, 0.5) is 5.69 Å². The number of benzene rings is 1. The fourth-order valence-electron chi connectivity index (χ4n) is 1.79. The summed E-state index contributed by atoms with van der Waals surface area (Å²) in [6, 6.07) is 6.62. The molecule has 0 aliphatic carbocycles. The van der Waals surface area contributed by atoms with Crippen LogP contribution in [0.3, 0.4) is 0 Å². The van der Waals surface area contributed by atoms with Crippen molar-refractivity contribution in [1.82, 2.24) is 5.32 Å². The first-order valence-electron chi connectivity index (χ1n) is 7.18. The van der Waals surface area contributed by atoms with Gasteiger partial charge in [-0.15, -0.1) is 0 Å². The van der Waals surface area contributed by atoms with Gasteiger partial charge in [-0.05, 0) is 38.0 Å². The van der Waals surface area contributed by atoms with E-state index in [1.54, 1.807) is 38.1 Å². The van der Waals surface area contributed by atoms with E-state index >= 15 is 0 Å². The molecule has 1 aromatic carbocycles. The van der Waals surface area contributed by atoms with Crippen molar-refractivity contribution in [1.29, 1.82) is 0 Å². The van der Waals surface area contributed by atoms with E-state index in [-0.39, 0.29) is 18.4 Å². The fourth-order valence-corrected chi connectivity index (χ4v) is 1.79. The highest BCUT2D eigenvalue weighted by Gasteiger charge is 2.29. The molecule has 1 aromatic rings. The Kier molecular flexibility index (Phi) is 6.10. The van der Waals surface area contributed by atoms with Crippen molar-refractivity contribution in [3.8, 4) is 0 Å². The first-order chi connectivity index (χ1) is 10.3. The smallest absolute Gasteiger partial charge is 0.313 e. The Balaban J connectivity index is 2.59. The van der Waals surface area contributed by atoms with E-state index < -0.39 is 11.4 Å². The monoisotopic (exact) mass is 306 g/mol. The summed E-state index contributed by atoms with van der Waals surface area (Å²) in [5.41, 5.74) is 0.213. The second-order valence-electron chi connectivity index (χ2n) is 5.58. The third-order valence-corrected chi connectivity index (χ3v) is 3.35. The lowest BCUT2D eigenvalue weighted by atomic mass is 9.85. The zero-order valence-electron chi connectivity index (χ0n) is 13.1. The Morgan fingerprint density at radius 1 is 1.09 bits per heavy atom. The normalized spacial score (nSPS) is 10.9. The zero-order valence-corrected chi connectivity index (χ0v) is 13.1. The third kappa shape index (κ3) is 4.87. The van der Waals surface area contributed by atoms with E-state index in [1.165, 1.54) is 0 Å². The molecule has 0 aliphatic rings. The van der Waals surface area contributed by atoms with Gasteiger partial charge in [0.25, 0.3) is 0 Å². The molecule has 0 heterocycles. The predicted octanol–water partition coefficient (Wildman–Crippen LogP) is 1.90. The Morgan fingerprint density at radius 2 is 1.68 bits per heavy atom. The number of nitrogens with one attached hydrogen (secondary N) is 2. The molecule has 0 unspecified atom stereocenters. The lowest BCUT2D eigenvalue weighted by molar-refractivity contribution is -0.142. The minimum Gasteiger partial charge on any atom is -0.481 e. The Morgan fingerprint density at radius 3 is 2.18 bits per heavy atom. The van der Waals surface area contributed by atoms with Gasteiger partial charge in [-0.25, -0.2) is 0 Å². The van der Waals surface area contributed by atoms with Crippen LogP contribution in [-0.2, 0) is 19.8 Å². The van der Waals surface area contributed by atoms with E-state index in [1.807, 2.05) is 6.92 Å². The van der Waals surface area contributed by atoms with Crippen molar-refractivity contribution in [2.75, 3.05) is 11.9 Å². The van der Waals surface area contributed by atoms with Crippen molar-refractivity contribution < 1.29 is 19.5 Å². The minimum absolute atomic E-state index is 0.0821. The zero-order chi connectivity index (χ0) is 16.8. The summed E-state index contributed by atoms with van der Waals surface area (Å²) in [6.07, 6.45) is 1.13. The molecule has 0 aliphatic heterocycles. The third-order valence-electron chi connectivity index (χ3n) is 3.35. The van der Waals surface area contributed by atoms with Gasteiger partial charge in [0.1, 0.15) is 0 Å². The number of carbonyl (C=O) groups is 3. The fraction of sp³-hybridized carbons (Fsp3) is 0.438. The SMILES string of the molecule is CCCC(=O)NCC(=O)Nc1ccc(C(C)(C)C(=O)O)cc1. The lowest BCUT2D eigenvalue weighted by Crippen LogP contribution is -2.32. The molecule has 0 fully saturated rings. The number of amides is 2. The highest BCUT2D eigenvalue weighted by Crippen LogP contribution is 2.24. The molecule has 0 spiro atoms. The number of carboxylic acids is 1. The first kappa shape index (κ1) is 17.7. The van der Waals surface area contributed by atoms with Gasteiger partial charge in [-0.3, -0.25) is 14.4 Å². The summed E-state index contributed by atoms with van der Waals surface area (Å²) >= 11 is 0. The van der Waals surface area contributed by atoms with Crippen LogP contribution in [0.5, 0.6) is 0 Å². The van der Waals surface area contributed by atoms with Crippen LogP contribution in [-0.4, -0.2) is 29.4 Å². The molecule has 3 N–H and O–H groups in total. The number of hydrogen-bond acceptors (Lipinski definition) is 3. The van der Waals surface area contributed by atoms with E-state index in [0.717, 1.165) is 6.42 Å². The van der Waals surface area contributed by atoms with Crippen LogP contribution in [0.2, 0.25) is 0 Å². The molecular weight excluding hydrogens is 284 g/mol. The van der Waals surface area contributed by atoms with Crippen LogP contribution < -0.4 is 10.6 Å². The number of carbonyl (C=O) groups excluding carboxylic acids is 2. The molecule has 0 radical (unpaired) electrons. The molecule has 0 atom stereocenters. The van der Waals surface area contributed by atoms with Crippen molar-refractivity contribution >= 4 is 23.5 Å². The first-order valence-corrected chi connectivity index (χ1v) is 7.18. The lowest BCUT2D eigenvalue weighted by Gasteiger charge is -2.19. The molecule has 0 saturated carbocycles. The predicted molar refractivity (Wildman–Crippen MR) is 83.7 cm³/mol. The van der Waals surface area contributed by atoms with Crippen LogP contribution in [0.15, 0.2) is 24.3 Å². The highest BCUT2D eigenvalue weighted by molar-refractivity contribution is 5.94. The summed E-state index contributed by atoms with van der Waals surface area (Å²) in [4.78, 5) is 34.1. The van der Waals surface area contributed by atoms with Gasteiger partial charge in [0, 0.05) is 12.1 Å². The van der Waals surface area contributed by atoms with E-state index in [2.05, 4.69) is 10.6 Å². The van der Waals surface area contributed by atoms with E-state index in [0.29, 0.717) is 17.7 Å². The van der Waals surface area contributed by atoms with Crippen molar-refractivity contribution in [3.05, 3.63) is 29.8 Å². The molecule has 6 nitrogen and oxygen atoms in total. The Bertz CT molecular complexity index is 550. The van der Waals surface area contributed by atoms with Gasteiger partial charge in [0.2, 0.25) is 11.8 Å². The van der Waals surface area contributed by atoms with Crippen molar-refractivity contribution in [3.63, 3.8) is 0 Å². The Hall–Kier alpha value is -2.37. The maximum absolute atomic E-state index is 11.7. The van der Waals surface area contributed by atoms with Gasteiger partial charge < -0.3 is 15.7 Å². The van der Waals surface area contributed by atoms with Crippen LogP contribution in [0.25, 0.3) is 0 Å². The number of aliphatic carboxylic acids is 1. The summed E-state index contributed by atoms with van der Waals surface area (Å²) in [5, 5.41) is 14.3. The van der Waals surface area contributed by atoms with Crippen LogP contribution >= 0.6 is 0 Å². The summed E-state index contributed by atoms with van der Waals surface area (Å²) in [6.45, 7) is 5.04. The second kappa shape index (κ2) is 7.59. The molecule has 6 heteroatoms. The standard InChI is InChI=1S/C16H22N2O4/c1-4-5-13(19)17-10-14(20)18-12-8-6-11(7-9-12)16(2,3)15(21)22/h6-9H,4-5,10H2,1-3H3,(H,17,19)(H,18,20)(H,21,22). The Labute approximate surface area is 129 Å². The molecule has 1 rings (SSSR count). The second-order valence-corrected chi connectivity index (χ2v) is 5.58. The van der Waals surface area contributed by atoms with Crippen LogP contribution in [0.1, 0.15) is 39.2 Å². The average Bonchev–Trinajstić information content (AvgIpc) is 2.46. The summed E-state index contributed by atoms with van der Waals surface area (Å²) in [5.74, 6) is -1.39. The number of rotatable bonds is 7. The molecular formula is C16H22N2O4. The number of hydrogen-bond donors (Lipinski definition) is 3. The molecule has 0 bridgehead atoms. The number of anilines is 1. The largest absolute Gasteiger partial charge is 0.481 e. The number of carboxylic acid groups (broad SMARTS) is 1. The topological polar surface area (TPSA) is 95.5 Å². The van der Waals surface area contributed by atoms with Crippen molar-refractivity contribution in [2.45, 2.75) is 39.0 Å². The minimum atomic E-state index is -0.989. The highest BCUT2D eigenvalue weighted by atomic mass is 16.4. The molecule has 2 amide bonds.